The van der Waals surface area contributed by atoms with E-state index in [1.165, 1.54) is 38.2 Å². The number of Topliss-reactive ketones (excluding diaryl/α,β-unsaturated/α-hetero) is 1. The molecule has 1 aliphatic carbocycles. The predicted molar refractivity (Wildman–Crippen MR) is 288 cm³/mol. The van der Waals surface area contributed by atoms with Gasteiger partial charge in [-0.25, -0.2) is 9.37 Å². The second kappa shape index (κ2) is 29.9. The molecule has 0 bridgehead atoms. The molecule has 1 aromatic carbocycles. The van der Waals surface area contributed by atoms with Crippen molar-refractivity contribution in [3.63, 3.8) is 0 Å². The van der Waals surface area contributed by atoms with Crippen molar-refractivity contribution >= 4 is 35.1 Å². The van der Waals surface area contributed by atoms with Gasteiger partial charge in [0.1, 0.15) is 17.7 Å². The topological polar surface area (TPSA) is 83.9 Å². The van der Waals surface area contributed by atoms with Crippen LogP contribution in [0.3, 0.4) is 0 Å². The number of nitrogens with one attached hydrogen (secondary N) is 1. The van der Waals surface area contributed by atoms with E-state index in [0.717, 1.165) is 117 Å². The highest BCUT2D eigenvalue weighted by molar-refractivity contribution is 6.09. The number of carbonyl (C=O) groups excluding carboxylic acids is 2. The van der Waals surface area contributed by atoms with Gasteiger partial charge in [0, 0.05) is 41.6 Å². The normalized spacial score (nSPS) is 19.6. The van der Waals surface area contributed by atoms with E-state index in [9.17, 15) is 14.0 Å². The molecule has 2 fully saturated rings. The highest BCUT2D eigenvalue weighted by Crippen LogP contribution is 2.52. The zero-order valence-corrected chi connectivity index (χ0v) is 45.2. The van der Waals surface area contributed by atoms with Crippen LogP contribution in [0.15, 0.2) is 65.6 Å². The van der Waals surface area contributed by atoms with Gasteiger partial charge in [-0.05, 0) is 125 Å². The fraction of sp³-hybridized carbons (Fsp3) is 0.661. The van der Waals surface area contributed by atoms with Gasteiger partial charge in [-0.1, -0.05) is 153 Å². The van der Waals surface area contributed by atoms with E-state index in [-0.39, 0.29) is 29.7 Å². The third-order valence-electron chi connectivity index (χ3n) is 13.5. The van der Waals surface area contributed by atoms with Gasteiger partial charge in [0.05, 0.1) is 22.5 Å². The standard InChI is InChI=1S/C37H49FN4O.C10H18O2.C8H18.C4H10/c1-8-14-26-21-28(22-26)42-34-23-27(16-17-29(34)37(18-10-3,19-11-4)36(42)43)33-24-32(39-20-12-5)25(7)35(41-33)40-31(15-9-2)30(38)13-6;1-3-8(2)10(11)9-6-4-5-7-12-9;1-5-7-8(3,4)6-2;1-4(2)3/h9,13,15-17,20,23-24,26,28H,6,8,10-12,14,18-19,21-22H2,1-5,7H3,(H,40,41);8-9H,3-7H2,1-2H3;5-7H2,1-4H3;4H,1-3H3/b15-9-,31-30-,39-20?;;;. The average molecular weight is 927 g/mol. The maximum Gasteiger partial charge on any atom is 0.237 e. The molecule has 1 amide bonds. The molecule has 0 spiro atoms. The first-order valence-electron chi connectivity index (χ1n) is 26.5. The van der Waals surface area contributed by atoms with Crippen molar-refractivity contribution < 1.29 is 18.7 Å². The summed E-state index contributed by atoms with van der Waals surface area (Å²) in [6.45, 7) is 36.5. The molecule has 2 unspecified atom stereocenters. The van der Waals surface area contributed by atoms with Crippen LogP contribution in [0, 0.1) is 30.1 Å². The van der Waals surface area contributed by atoms with E-state index >= 15 is 0 Å². The Morgan fingerprint density at radius 3 is 2.16 bits per heavy atom. The minimum atomic E-state index is -0.467. The van der Waals surface area contributed by atoms with Crippen LogP contribution in [-0.4, -0.2) is 41.6 Å². The first kappa shape index (κ1) is 59.2. The van der Waals surface area contributed by atoms with Gasteiger partial charge in [0.2, 0.25) is 5.91 Å². The average Bonchev–Trinajstić information content (AvgIpc) is 3.52. The molecule has 3 aliphatic rings. The van der Waals surface area contributed by atoms with Gasteiger partial charge in [0.15, 0.2) is 5.78 Å². The number of fused-ring (bicyclic) bond motifs is 1. The fourth-order valence-corrected chi connectivity index (χ4v) is 9.24. The molecule has 376 valence electrons. The Bertz CT molecular complexity index is 1910. The monoisotopic (exact) mass is 927 g/mol. The van der Waals surface area contributed by atoms with E-state index in [0.29, 0.717) is 22.9 Å². The summed E-state index contributed by atoms with van der Waals surface area (Å²) in [4.78, 5) is 37.8. The zero-order valence-electron chi connectivity index (χ0n) is 45.2. The molecule has 1 saturated carbocycles. The van der Waals surface area contributed by atoms with Crippen molar-refractivity contribution in [3.05, 3.63) is 71.7 Å². The molecule has 2 aliphatic heterocycles. The summed E-state index contributed by atoms with van der Waals surface area (Å²) in [6.07, 6.45) is 23.5. The number of allylic oxidation sites excluding steroid dienone is 4. The number of anilines is 2. The number of halogens is 1. The highest BCUT2D eigenvalue weighted by Gasteiger charge is 2.53. The lowest BCUT2D eigenvalue weighted by Gasteiger charge is -2.42. The number of amides is 1. The summed E-state index contributed by atoms with van der Waals surface area (Å²) in [7, 11) is 0. The van der Waals surface area contributed by atoms with Crippen LogP contribution < -0.4 is 10.2 Å². The lowest BCUT2D eigenvalue weighted by Crippen LogP contribution is -2.50. The van der Waals surface area contributed by atoms with Crippen molar-refractivity contribution in [2.75, 3.05) is 16.8 Å². The quantitative estimate of drug-likeness (QED) is 0.106. The third kappa shape index (κ3) is 17.2. The van der Waals surface area contributed by atoms with Crippen LogP contribution in [0.1, 0.15) is 211 Å². The predicted octanol–water partition coefficient (Wildman–Crippen LogP) is 17.3. The summed E-state index contributed by atoms with van der Waals surface area (Å²) in [5.41, 5.74) is 5.85. The molecule has 1 saturated heterocycles. The van der Waals surface area contributed by atoms with Crippen molar-refractivity contribution in [2.24, 2.45) is 28.2 Å². The summed E-state index contributed by atoms with van der Waals surface area (Å²) >= 11 is 0. The molecule has 2 atom stereocenters. The molecule has 67 heavy (non-hydrogen) atoms. The number of hydrogen-bond acceptors (Lipinski definition) is 6. The lowest BCUT2D eigenvalue weighted by molar-refractivity contribution is -0.136. The first-order chi connectivity index (χ1) is 31.9. The van der Waals surface area contributed by atoms with Gasteiger partial charge in [-0.2, -0.15) is 0 Å². The van der Waals surface area contributed by atoms with Crippen LogP contribution in [0.2, 0.25) is 0 Å². The number of aromatic nitrogens is 1. The Morgan fingerprint density at radius 1 is 1.01 bits per heavy atom. The van der Waals surface area contributed by atoms with Gasteiger partial charge in [-0.3, -0.25) is 14.6 Å². The Hall–Kier alpha value is -3.91. The number of benzene rings is 1. The van der Waals surface area contributed by atoms with Crippen molar-refractivity contribution in [2.45, 2.75) is 224 Å². The van der Waals surface area contributed by atoms with E-state index in [1.54, 1.807) is 12.2 Å². The van der Waals surface area contributed by atoms with E-state index in [1.807, 2.05) is 46.9 Å². The number of hydrogen-bond donors (Lipinski definition) is 1. The van der Waals surface area contributed by atoms with Crippen LogP contribution >= 0.6 is 0 Å². The molecule has 1 N–H and O–H groups in total. The van der Waals surface area contributed by atoms with Crippen LogP contribution in [0.5, 0.6) is 0 Å². The number of ketones is 1. The SMILES string of the molecule is C=C/C(F)=C(\C=C/C)Nc1nc(-c2ccc3c(c2)N(C2CC(CCC)C2)C(=O)C3(CCC)CCC)cc(N=CCC)c1C.CC(C)C.CCC(C)C(=O)C1CCCCO1.CCCC(C)(C)CC. The molecule has 2 aromatic rings. The Morgan fingerprint density at radius 2 is 1.67 bits per heavy atom. The fourth-order valence-electron chi connectivity index (χ4n) is 9.24. The van der Waals surface area contributed by atoms with Gasteiger partial charge >= 0.3 is 0 Å². The minimum absolute atomic E-state index is 0.0892. The van der Waals surface area contributed by atoms with Crippen molar-refractivity contribution in [1.82, 2.24) is 4.98 Å². The van der Waals surface area contributed by atoms with E-state index < -0.39 is 11.2 Å². The Labute approximate surface area is 409 Å². The first-order valence-corrected chi connectivity index (χ1v) is 26.5. The molecule has 1 aromatic heterocycles. The Balaban J connectivity index is 0.000000522. The Kier molecular flexibility index (Phi) is 26.4. The zero-order chi connectivity index (χ0) is 50.3. The number of carbonyl (C=O) groups is 2. The third-order valence-corrected chi connectivity index (χ3v) is 13.5. The summed E-state index contributed by atoms with van der Waals surface area (Å²) < 4.78 is 20.1. The number of pyridine rings is 1. The molecule has 3 heterocycles. The lowest BCUT2D eigenvalue weighted by atomic mass is 9.73. The molecule has 0 radical (unpaired) electrons. The van der Waals surface area contributed by atoms with Crippen LogP contribution in [-0.2, 0) is 19.7 Å². The number of ether oxygens (including phenoxy) is 1. The van der Waals surface area contributed by atoms with E-state index in [4.69, 9.17) is 14.7 Å². The van der Waals surface area contributed by atoms with Crippen molar-refractivity contribution in [1.29, 1.82) is 0 Å². The summed E-state index contributed by atoms with van der Waals surface area (Å²) in [6, 6.07) is 8.66. The minimum Gasteiger partial charge on any atom is -0.370 e. The van der Waals surface area contributed by atoms with E-state index in [2.05, 4.69) is 104 Å². The summed E-state index contributed by atoms with van der Waals surface area (Å²) in [5, 5.41) is 3.19. The molecule has 7 nitrogen and oxygen atoms in total. The second-order valence-electron chi connectivity index (χ2n) is 20.6. The maximum atomic E-state index is 14.7. The van der Waals surface area contributed by atoms with Crippen LogP contribution in [0.25, 0.3) is 11.3 Å². The van der Waals surface area contributed by atoms with Crippen molar-refractivity contribution in [3.8, 4) is 11.3 Å². The smallest absolute Gasteiger partial charge is 0.237 e. The maximum absolute atomic E-state index is 14.7. The summed E-state index contributed by atoms with van der Waals surface area (Å²) in [5.74, 6) is 2.36. The van der Waals surface area contributed by atoms with Gasteiger partial charge < -0.3 is 15.0 Å². The highest BCUT2D eigenvalue weighted by atomic mass is 19.1. The molecular formula is C59H95FN4O3. The molecule has 5 rings (SSSR count). The molecule has 8 heteroatoms. The van der Waals surface area contributed by atoms with Gasteiger partial charge in [0.25, 0.3) is 0 Å². The van der Waals surface area contributed by atoms with Crippen LogP contribution in [0.4, 0.5) is 21.6 Å². The number of aliphatic imine (C=N–C) groups is 1. The molecular weight excluding hydrogens is 832 g/mol. The second-order valence-corrected chi connectivity index (χ2v) is 20.6. The largest absolute Gasteiger partial charge is 0.370 e. The number of rotatable bonds is 20. The number of nitrogens with zero attached hydrogens (tertiary/aromatic N) is 3. The van der Waals surface area contributed by atoms with Gasteiger partial charge in [-0.15, -0.1) is 0 Å².